The molecule has 2 N–H and O–H groups in total. The Kier molecular flexibility index (Phi) is 7.97. The highest BCUT2D eigenvalue weighted by molar-refractivity contribution is 6.01. The molecule has 2 aromatic carbocycles. The molecule has 3 atom stereocenters. The molecule has 0 saturated carbocycles. The second-order valence-corrected chi connectivity index (χ2v) is 10.7. The van der Waals surface area contributed by atoms with Crippen molar-refractivity contribution in [1.29, 1.82) is 0 Å². The molecular formula is C30H35FN6O3. The third-order valence-corrected chi connectivity index (χ3v) is 7.66. The summed E-state index contributed by atoms with van der Waals surface area (Å²) in [6.07, 6.45) is 5.72. The molecule has 1 fully saturated rings. The van der Waals surface area contributed by atoms with Gasteiger partial charge in [-0.25, -0.2) is 4.39 Å². The number of aromatic nitrogens is 2. The Bertz CT molecular complexity index is 1480. The quantitative estimate of drug-likeness (QED) is 0.469. The lowest BCUT2D eigenvalue weighted by Gasteiger charge is -2.40. The maximum atomic E-state index is 14.8. The van der Waals surface area contributed by atoms with Gasteiger partial charge < -0.3 is 15.0 Å². The molecule has 2 aliphatic rings. The number of hydrogen-bond acceptors (Lipinski definition) is 6. The topological polar surface area (TPSA) is 103 Å². The number of halogens is 1. The van der Waals surface area contributed by atoms with Gasteiger partial charge in [-0.15, -0.1) is 0 Å². The Morgan fingerprint density at radius 1 is 1.23 bits per heavy atom. The fraction of sp³-hybridized carbons (Fsp3) is 0.400. The first-order chi connectivity index (χ1) is 19.2. The molecule has 1 aromatic heterocycles. The van der Waals surface area contributed by atoms with E-state index in [1.807, 2.05) is 23.1 Å². The van der Waals surface area contributed by atoms with Crippen LogP contribution in [-0.2, 0) is 11.3 Å². The number of ether oxygens (including phenoxy) is 1. The van der Waals surface area contributed by atoms with Crippen LogP contribution in [-0.4, -0.2) is 83.9 Å². The van der Waals surface area contributed by atoms with E-state index in [1.165, 1.54) is 13.2 Å². The fourth-order valence-electron chi connectivity index (χ4n) is 5.56. The first kappa shape index (κ1) is 27.5. The van der Waals surface area contributed by atoms with Gasteiger partial charge in [-0.05, 0) is 68.2 Å². The van der Waals surface area contributed by atoms with Gasteiger partial charge in [-0.1, -0.05) is 6.07 Å². The molecule has 40 heavy (non-hydrogen) atoms. The van der Waals surface area contributed by atoms with Crippen molar-refractivity contribution in [3.05, 3.63) is 65.1 Å². The molecule has 9 nitrogen and oxygen atoms in total. The zero-order valence-electron chi connectivity index (χ0n) is 23.3. The van der Waals surface area contributed by atoms with Gasteiger partial charge in [-0.2, -0.15) is 5.10 Å². The second kappa shape index (κ2) is 11.6. The molecule has 0 radical (unpaired) electrons. The van der Waals surface area contributed by atoms with E-state index in [-0.39, 0.29) is 36.3 Å². The van der Waals surface area contributed by atoms with Gasteiger partial charge in [0.2, 0.25) is 5.91 Å². The summed E-state index contributed by atoms with van der Waals surface area (Å²) in [4.78, 5) is 34.3. The van der Waals surface area contributed by atoms with Crippen LogP contribution in [0.5, 0.6) is 5.75 Å². The number of likely N-dealkylation sites (N-methyl/N-ethyl adjacent to an activating group) is 1. The average Bonchev–Trinajstić information content (AvgIpc) is 3.37. The monoisotopic (exact) mass is 546 g/mol. The number of nitrogens with one attached hydrogen (secondary N) is 2. The summed E-state index contributed by atoms with van der Waals surface area (Å²) in [5.41, 5.74) is 3.69. The van der Waals surface area contributed by atoms with E-state index < -0.39 is 6.04 Å². The van der Waals surface area contributed by atoms with Gasteiger partial charge in [0.25, 0.3) is 5.91 Å². The molecule has 210 valence electrons. The van der Waals surface area contributed by atoms with Crippen molar-refractivity contribution in [2.75, 3.05) is 27.7 Å². The lowest BCUT2D eigenvalue weighted by atomic mass is 9.95. The zero-order chi connectivity index (χ0) is 28.4. The molecule has 3 aromatic rings. The molecule has 3 heterocycles. The maximum Gasteiger partial charge on any atom is 0.251 e. The lowest BCUT2D eigenvalue weighted by molar-refractivity contribution is -0.136. The molecule has 10 heteroatoms. The number of carbonyl (C=O) groups is 2. The Morgan fingerprint density at radius 2 is 2.05 bits per heavy atom. The van der Waals surface area contributed by atoms with Crippen molar-refractivity contribution >= 4 is 34.5 Å². The van der Waals surface area contributed by atoms with Crippen LogP contribution < -0.4 is 10.1 Å². The van der Waals surface area contributed by atoms with Gasteiger partial charge in [-0.3, -0.25) is 24.6 Å². The molecule has 1 saturated heterocycles. The normalized spacial score (nSPS) is 21.2. The van der Waals surface area contributed by atoms with Crippen LogP contribution in [0.3, 0.4) is 0 Å². The van der Waals surface area contributed by atoms with Crippen molar-refractivity contribution in [3.63, 3.8) is 0 Å². The summed E-state index contributed by atoms with van der Waals surface area (Å²) in [7, 11) is 4.94. The summed E-state index contributed by atoms with van der Waals surface area (Å²) >= 11 is 0. The van der Waals surface area contributed by atoms with Gasteiger partial charge in [0.05, 0.1) is 30.4 Å². The predicted octanol–water partition coefficient (Wildman–Crippen LogP) is 3.81. The first-order valence-corrected chi connectivity index (χ1v) is 13.5. The Morgan fingerprint density at radius 3 is 2.80 bits per heavy atom. The van der Waals surface area contributed by atoms with Crippen LogP contribution in [0.25, 0.3) is 16.5 Å². The van der Waals surface area contributed by atoms with Crippen molar-refractivity contribution in [3.8, 4) is 5.75 Å². The van der Waals surface area contributed by atoms with Crippen LogP contribution in [0.1, 0.15) is 47.8 Å². The van der Waals surface area contributed by atoms with Crippen LogP contribution in [0.4, 0.5) is 4.39 Å². The minimum Gasteiger partial charge on any atom is -0.496 e. The van der Waals surface area contributed by atoms with Crippen molar-refractivity contribution < 1.29 is 18.7 Å². The summed E-state index contributed by atoms with van der Waals surface area (Å²) in [5.74, 6) is -0.207. The van der Waals surface area contributed by atoms with Crippen LogP contribution in [0.15, 0.2) is 47.5 Å². The minimum atomic E-state index is -0.424. The number of hydrogen-bond donors (Lipinski definition) is 2. The van der Waals surface area contributed by atoms with Gasteiger partial charge in [0.1, 0.15) is 11.6 Å². The number of H-pyrrole nitrogens is 1. The Labute approximate surface area is 233 Å². The number of fused-ring (bicyclic) bond motifs is 1. The third-order valence-electron chi connectivity index (χ3n) is 7.66. The number of rotatable bonds is 7. The third kappa shape index (κ3) is 5.62. The number of aromatic amines is 1. The molecule has 0 bridgehead atoms. The number of nitrogens with zero attached hydrogens (tertiary/aromatic N) is 4. The van der Waals surface area contributed by atoms with Gasteiger partial charge in [0.15, 0.2) is 0 Å². The lowest BCUT2D eigenvalue weighted by Crippen LogP contribution is -2.56. The molecule has 2 aliphatic heterocycles. The molecule has 0 spiro atoms. The van der Waals surface area contributed by atoms with Crippen LogP contribution >= 0.6 is 0 Å². The molecule has 2 amide bonds. The van der Waals surface area contributed by atoms with Crippen molar-refractivity contribution in [2.24, 2.45) is 4.99 Å². The van der Waals surface area contributed by atoms with Gasteiger partial charge >= 0.3 is 0 Å². The summed E-state index contributed by atoms with van der Waals surface area (Å²) in [6.45, 7) is 2.65. The summed E-state index contributed by atoms with van der Waals surface area (Å²) < 4.78 is 20.2. The van der Waals surface area contributed by atoms with E-state index in [4.69, 9.17) is 4.74 Å². The highest BCUT2D eigenvalue weighted by Crippen LogP contribution is 2.30. The highest BCUT2D eigenvalue weighted by atomic mass is 19.1. The highest BCUT2D eigenvalue weighted by Gasteiger charge is 2.35. The maximum absolute atomic E-state index is 14.8. The van der Waals surface area contributed by atoms with E-state index in [2.05, 4.69) is 27.4 Å². The Balaban J connectivity index is 1.35. The van der Waals surface area contributed by atoms with E-state index >= 15 is 0 Å². The number of piperidine rings is 1. The van der Waals surface area contributed by atoms with E-state index in [0.29, 0.717) is 36.3 Å². The summed E-state index contributed by atoms with van der Waals surface area (Å²) in [6, 6.07) is 9.75. The number of aliphatic imine (C=N–C) groups is 1. The van der Waals surface area contributed by atoms with Gasteiger partial charge in [0, 0.05) is 56.0 Å². The van der Waals surface area contributed by atoms with Crippen molar-refractivity contribution in [2.45, 2.75) is 50.9 Å². The van der Waals surface area contributed by atoms with Crippen LogP contribution in [0, 0.1) is 5.82 Å². The smallest absolute Gasteiger partial charge is 0.251 e. The van der Waals surface area contributed by atoms with E-state index in [9.17, 15) is 14.0 Å². The summed E-state index contributed by atoms with van der Waals surface area (Å²) in [5, 5.41) is 11.6. The Hall–Kier alpha value is -4.05. The van der Waals surface area contributed by atoms with E-state index in [0.717, 1.165) is 28.6 Å². The standard InChI is InChI=1S/C30H35FN6O3/c1-18-14-19(12-13-32-18)28-22-15-20(8-10-25(22)34-35-28)29(38)33-21-9-11-26(30(39)36(2)3)37(16-21)17-23-24(31)6-5-7-27(23)40-4/h5-8,10,12-13,15,18,21,26H,9,11,14,16-17H2,1-4H3,(H,33,38)(H,34,35)/t18?,21-,26+/m1/s1. The number of benzene rings is 2. The van der Waals surface area contributed by atoms with Crippen LogP contribution in [0.2, 0.25) is 0 Å². The predicted molar refractivity (Wildman–Crippen MR) is 153 cm³/mol. The minimum absolute atomic E-state index is 0.0468. The second-order valence-electron chi connectivity index (χ2n) is 10.7. The number of dihydropyridines is 1. The molecule has 5 rings (SSSR count). The molecule has 0 aliphatic carbocycles. The first-order valence-electron chi connectivity index (χ1n) is 13.5. The van der Waals surface area contributed by atoms with Crippen molar-refractivity contribution in [1.82, 2.24) is 25.3 Å². The SMILES string of the molecule is COc1cccc(F)c1CN1C[C@H](NC(=O)c2ccc3[nH]nc(C4=CC=NC(C)C4)c3c2)CC[C@H]1C(=O)N(C)C. The number of carbonyl (C=O) groups excluding carboxylic acids is 2. The number of allylic oxidation sites excluding steroid dienone is 1. The molecular weight excluding hydrogens is 511 g/mol. The average molecular weight is 547 g/mol. The number of methoxy groups -OCH3 is 1. The molecule has 1 unspecified atom stereocenters. The number of amides is 2. The largest absolute Gasteiger partial charge is 0.496 e. The number of likely N-dealkylation sites (tertiary alicyclic amines) is 1. The fourth-order valence-corrected chi connectivity index (χ4v) is 5.56. The zero-order valence-corrected chi connectivity index (χ0v) is 23.3. The van der Waals surface area contributed by atoms with E-state index in [1.54, 1.807) is 43.4 Å².